The molecule has 0 aliphatic carbocycles. The summed E-state index contributed by atoms with van der Waals surface area (Å²) in [7, 11) is 3.31. The Labute approximate surface area is 172 Å². The van der Waals surface area contributed by atoms with Crippen LogP contribution in [0.1, 0.15) is 22.1 Å². The molecular weight excluding hydrogens is 426 g/mol. The molecule has 1 aliphatic heterocycles. The molecular formula is C20H22BrN3O4. The molecule has 28 heavy (non-hydrogen) atoms. The summed E-state index contributed by atoms with van der Waals surface area (Å²) in [5.74, 6) is 0.343. The molecule has 1 aliphatic rings. The largest absolute Gasteiger partial charge is 0.491 e. The van der Waals surface area contributed by atoms with Gasteiger partial charge in [-0.3, -0.25) is 9.59 Å². The number of aliphatic hydroxyl groups is 1. The number of amides is 2. The zero-order valence-electron chi connectivity index (χ0n) is 15.7. The molecule has 2 aromatic carbocycles. The maximum Gasteiger partial charge on any atom is 0.257 e. The number of nitrogens with zero attached hydrogens (tertiary/aromatic N) is 2. The van der Waals surface area contributed by atoms with Crippen LogP contribution in [-0.4, -0.2) is 55.7 Å². The average Bonchev–Trinajstić information content (AvgIpc) is 2.71. The maximum atomic E-state index is 13.0. The lowest BCUT2D eigenvalue weighted by molar-refractivity contribution is -0.119. The van der Waals surface area contributed by atoms with E-state index in [0.29, 0.717) is 17.0 Å². The van der Waals surface area contributed by atoms with Crippen LogP contribution >= 0.6 is 15.9 Å². The molecule has 1 unspecified atom stereocenters. The number of likely N-dealkylation sites (N-methyl/N-ethyl adjacent to an activating group) is 1. The summed E-state index contributed by atoms with van der Waals surface area (Å²) >= 11 is 3.57. The van der Waals surface area contributed by atoms with Crippen molar-refractivity contribution in [2.75, 3.05) is 38.8 Å². The zero-order valence-corrected chi connectivity index (χ0v) is 17.3. The fraction of sp³-hybridized carbons (Fsp3) is 0.300. The number of hydrogen-bond acceptors (Lipinski definition) is 5. The van der Waals surface area contributed by atoms with Gasteiger partial charge < -0.3 is 25.0 Å². The number of nitrogens with one attached hydrogen (secondary N) is 1. The van der Waals surface area contributed by atoms with E-state index in [1.54, 1.807) is 37.2 Å². The van der Waals surface area contributed by atoms with Crippen molar-refractivity contribution in [2.24, 2.45) is 0 Å². The van der Waals surface area contributed by atoms with Crippen LogP contribution in [0.2, 0.25) is 0 Å². The fourth-order valence-electron chi connectivity index (χ4n) is 3.30. The van der Waals surface area contributed by atoms with Gasteiger partial charge in [-0.05, 0) is 24.3 Å². The first-order chi connectivity index (χ1) is 13.5. The summed E-state index contributed by atoms with van der Waals surface area (Å²) < 4.78 is 6.20. The van der Waals surface area contributed by atoms with Crippen molar-refractivity contribution in [2.45, 2.75) is 6.17 Å². The van der Waals surface area contributed by atoms with Gasteiger partial charge in [0.05, 0.1) is 24.4 Å². The first-order valence-electron chi connectivity index (χ1n) is 8.84. The number of aliphatic hydroxyl groups excluding tert-OH is 1. The first-order valence-corrected chi connectivity index (χ1v) is 9.63. The van der Waals surface area contributed by atoms with Gasteiger partial charge in [0.25, 0.3) is 5.91 Å². The number of ether oxygens (including phenoxy) is 1. The van der Waals surface area contributed by atoms with Crippen molar-refractivity contribution in [3.8, 4) is 5.75 Å². The van der Waals surface area contributed by atoms with Gasteiger partial charge in [-0.1, -0.05) is 34.1 Å². The third-order valence-electron chi connectivity index (χ3n) is 4.63. The van der Waals surface area contributed by atoms with Crippen molar-refractivity contribution in [1.82, 2.24) is 10.2 Å². The van der Waals surface area contributed by atoms with Crippen molar-refractivity contribution in [3.05, 3.63) is 58.1 Å². The third-order valence-corrected chi connectivity index (χ3v) is 5.32. The molecule has 1 atom stereocenters. The van der Waals surface area contributed by atoms with Gasteiger partial charge in [0.2, 0.25) is 5.91 Å². The van der Waals surface area contributed by atoms with E-state index < -0.39 is 6.17 Å². The smallest absolute Gasteiger partial charge is 0.257 e. The fourth-order valence-corrected chi connectivity index (χ4v) is 3.86. The molecule has 1 heterocycles. The Morgan fingerprint density at radius 2 is 2.04 bits per heavy atom. The van der Waals surface area contributed by atoms with Gasteiger partial charge in [-0.15, -0.1) is 0 Å². The van der Waals surface area contributed by atoms with E-state index in [1.165, 1.54) is 0 Å². The lowest BCUT2D eigenvalue weighted by Crippen LogP contribution is -2.50. The molecule has 0 bridgehead atoms. The van der Waals surface area contributed by atoms with Gasteiger partial charge >= 0.3 is 0 Å². The molecule has 0 saturated heterocycles. The minimum atomic E-state index is -0.471. The molecule has 0 aromatic heterocycles. The van der Waals surface area contributed by atoms with Crippen LogP contribution in [0.15, 0.2) is 46.9 Å². The Kier molecular flexibility index (Phi) is 6.21. The second kappa shape index (κ2) is 8.62. The average molecular weight is 448 g/mol. The Morgan fingerprint density at radius 3 is 2.71 bits per heavy atom. The Hall–Kier alpha value is -2.58. The Balaban J connectivity index is 2.06. The molecule has 0 spiro atoms. The topological polar surface area (TPSA) is 82.1 Å². The van der Waals surface area contributed by atoms with Gasteiger partial charge in [0.15, 0.2) is 0 Å². The molecule has 3 rings (SSSR count). The van der Waals surface area contributed by atoms with Crippen LogP contribution in [0.5, 0.6) is 5.75 Å². The minimum absolute atomic E-state index is 0.0735. The highest BCUT2D eigenvalue weighted by Gasteiger charge is 2.38. The first kappa shape index (κ1) is 20.2. The Bertz CT molecular complexity index is 890. The summed E-state index contributed by atoms with van der Waals surface area (Å²) in [4.78, 5) is 28.7. The summed E-state index contributed by atoms with van der Waals surface area (Å²) in [5, 5.41) is 11.6. The van der Waals surface area contributed by atoms with Gasteiger partial charge in [0.1, 0.15) is 18.5 Å². The van der Waals surface area contributed by atoms with Crippen LogP contribution < -0.4 is 15.0 Å². The molecule has 0 saturated carbocycles. The molecule has 0 fully saturated rings. The highest BCUT2D eigenvalue weighted by atomic mass is 79.9. The number of carbonyl (C=O) groups excluding carboxylic acids is 2. The molecule has 2 aromatic rings. The van der Waals surface area contributed by atoms with Crippen molar-refractivity contribution >= 4 is 33.4 Å². The molecule has 2 N–H and O–H groups in total. The predicted molar refractivity (Wildman–Crippen MR) is 109 cm³/mol. The third kappa shape index (κ3) is 3.83. The SMILES string of the molecule is CNC(=O)CN1c2ccccc2C(=O)N(C)C1c1ccc(OCCO)cc1Br. The Morgan fingerprint density at radius 1 is 1.29 bits per heavy atom. The summed E-state index contributed by atoms with van der Waals surface area (Å²) in [6.07, 6.45) is -0.471. The number of anilines is 1. The number of halogens is 1. The highest BCUT2D eigenvalue weighted by Crippen LogP contribution is 2.40. The van der Waals surface area contributed by atoms with Crippen LogP contribution in [0.4, 0.5) is 5.69 Å². The number of hydrogen-bond donors (Lipinski definition) is 2. The molecule has 7 nitrogen and oxygen atoms in total. The normalized spacial score (nSPS) is 16.0. The second-order valence-electron chi connectivity index (χ2n) is 6.36. The van der Waals surface area contributed by atoms with E-state index in [-0.39, 0.29) is 31.6 Å². The summed E-state index contributed by atoms with van der Waals surface area (Å²) in [6.45, 7) is 0.227. The van der Waals surface area contributed by atoms with E-state index in [9.17, 15) is 9.59 Å². The van der Waals surface area contributed by atoms with Gasteiger partial charge in [-0.25, -0.2) is 0 Å². The van der Waals surface area contributed by atoms with E-state index in [0.717, 1.165) is 10.0 Å². The second-order valence-corrected chi connectivity index (χ2v) is 7.22. The molecule has 148 valence electrons. The number of carbonyl (C=O) groups is 2. The quantitative estimate of drug-likeness (QED) is 0.708. The highest BCUT2D eigenvalue weighted by molar-refractivity contribution is 9.10. The molecule has 0 radical (unpaired) electrons. The maximum absolute atomic E-state index is 13.0. The lowest BCUT2D eigenvalue weighted by Gasteiger charge is -2.44. The lowest BCUT2D eigenvalue weighted by atomic mass is 10.0. The monoisotopic (exact) mass is 447 g/mol. The van der Waals surface area contributed by atoms with Crippen LogP contribution in [0.3, 0.4) is 0 Å². The van der Waals surface area contributed by atoms with E-state index >= 15 is 0 Å². The van der Waals surface area contributed by atoms with E-state index in [1.807, 2.05) is 29.2 Å². The minimum Gasteiger partial charge on any atom is -0.491 e. The molecule has 8 heteroatoms. The van der Waals surface area contributed by atoms with Crippen molar-refractivity contribution in [3.63, 3.8) is 0 Å². The van der Waals surface area contributed by atoms with Crippen molar-refractivity contribution in [1.29, 1.82) is 0 Å². The van der Waals surface area contributed by atoms with Crippen LogP contribution in [0, 0.1) is 0 Å². The number of para-hydroxylation sites is 1. The number of rotatable bonds is 6. The predicted octanol–water partition coefficient (Wildman–Crippen LogP) is 2.16. The van der Waals surface area contributed by atoms with Gasteiger partial charge in [-0.2, -0.15) is 0 Å². The number of fused-ring (bicyclic) bond motifs is 1. The number of benzene rings is 2. The van der Waals surface area contributed by atoms with E-state index in [2.05, 4.69) is 21.2 Å². The van der Waals surface area contributed by atoms with Crippen LogP contribution in [-0.2, 0) is 4.79 Å². The van der Waals surface area contributed by atoms with Crippen molar-refractivity contribution < 1.29 is 19.4 Å². The van der Waals surface area contributed by atoms with Crippen LogP contribution in [0.25, 0.3) is 0 Å². The van der Waals surface area contributed by atoms with Gasteiger partial charge in [0, 0.05) is 24.1 Å². The zero-order chi connectivity index (χ0) is 20.3. The summed E-state index contributed by atoms with van der Waals surface area (Å²) in [5.41, 5.74) is 2.10. The molecule has 2 amide bonds. The standard InChI is InChI=1S/C20H22BrN3O4/c1-22-18(26)12-24-17-6-4-3-5-15(17)20(27)23(2)19(24)14-8-7-13(11-16(14)21)28-10-9-25/h3-8,11,19,25H,9-10,12H2,1-2H3,(H,22,26). The summed E-state index contributed by atoms with van der Waals surface area (Å²) in [6, 6.07) is 12.7. The van der Waals surface area contributed by atoms with E-state index in [4.69, 9.17) is 9.84 Å².